The van der Waals surface area contributed by atoms with E-state index < -0.39 is 6.16 Å². The van der Waals surface area contributed by atoms with Crippen molar-refractivity contribution in [3.05, 3.63) is 0 Å². The molecule has 0 amide bonds. The van der Waals surface area contributed by atoms with Gasteiger partial charge in [-0.25, -0.2) is 4.79 Å². The van der Waals surface area contributed by atoms with Crippen LogP contribution in [0.3, 0.4) is 0 Å². The zero-order valence-corrected chi connectivity index (χ0v) is 8.62. The topological polar surface area (TPSA) is 59.3 Å². The van der Waals surface area contributed by atoms with Gasteiger partial charge >= 0.3 is 6.16 Å². The van der Waals surface area contributed by atoms with Gasteiger partial charge in [0, 0.05) is 0 Å². The molecule has 0 spiro atoms. The summed E-state index contributed by atoms with van der Waals surface area (Å²) in [6.45, 7) is 2.29. The second-order valence-electron chi connectivity index (χ2n) is 2.96. The van der Waals surface area contributed by atoms with Gasteiger partial charge in [-0.05, 0) is 6.42 Å². The number of rotatable bonds is 7. The van der Waals surface area contributed by atoms with Gasteiger partial charge < -0.3 is 9.47 Å². The summed E-state index contributed by atoms with van der Waals surface area (Å²) >= 11 is 0. The summed E-state index contributed by atoms with van der Waals surface area (Å²) in [5.74, 6) is 0. The van der Waals surface area contributed by atoms with E-state index in [9.17, 15) is 4.79 Å². The van der Waals surface area contributed by atoms with Crippen molar-refractivity contribution in [3.63, 3.8) is 0 Å². The van der Waals surface area contributed by atoms with Gasteiger partial charge in [0.05, 0.1) is 6.61 Å². The lowest BCUT2D eigenvalue weighted by atomic mass is 10.2. The Morgan fingerprint density at radius 2 is 1.93 bits per heavy atom. The molecule has 0 aromatic rings. The first-order valence-corrected chi connectivity index (χ1v) is 4.97. The highest BCUT2D eigenvalue weighted by Crippen LogP contribution is 2.02. The Hall–Kier alpha value is -1.24. The van der Waals surface area contributed by atoms with Gasteiger partial charge in [-0.3, -0.25) is 0 Å². The first kappa shape index (κ1) is 12.8. The maximum absolute atomic E-state index is 10.7. The fourth-order valence-electron chi connectivity index (χ4n) is 0.994. The zero-order valence-electron chi connectivity index (χ0n) is 8.62. The van der Waals surface area contributed by atoms with Crippen LogP contribution < -0.4 is 0 Å². The normalized spacial score (nSPS) is 9.14. The van der Waals surface area contributed by atoms with Crippen molar-refractivity contribution in [1.29, 1.82) is 5.26 Å². The molecule has 0 aromatic carbocycles. The van der Waals surface area contributed by atoms with Crippen molar-refractivity contribution in [2.24, 2.45) is 0 Å². The Bertz CT molecular complexity index is 186. The van der Waals surface area contributed by atoms with Gasteiger partial charge in [0.15, 0.2) is 6.61 Å². The van der Waals surface area contributed by atoms with Crippen molar-refractivity contribution >= 4 is 6.16 Å². The molecular formula is C10H17NO3. The van der Waals surface area contributed by atoms with Crippen LogP contribution in [-0.2, 0) is 9.47 Å². The van der Waals surface area contributed by atoms with Crippen LogP contribution in [0.5, 0.6) is 0 Å². The summed E-state index contributed by atoms with van der Waals surface area (Å²) in [4.78, 5) is 10.7. The van der Waals surface area contributed by atoms with Crippen molar-refractivity contribution in [3.8, 4) is 6.07 Å². The molecule has 0 fully saturated rings. The van der Waals surface area contributed by atoms with Crippen LogP contribution in [0.15, 0.2) is 0 Å². The first-order chi connectivity index (χ1) is 6.81. The van der Waals surface area contributed by atoms with Crippen LogP contribution in [0.2, 0.25) is 0 Å². The smallest absolute Gasteiger partial charge is 0.434 e. The quantitative estimate of drug-likeness (QED) is 0.467. The third-order valence-electron chi connectivity index (χ3n) is 1.72. The summed E-state index contributed by atoms with van der Waals surface area (Å²) in [5, 5.41) is 8.10. The predicted molar refractivity (Wildman–Crippen MR) is 51.7 cm³/mol. The number of hydrogen-bond acceptors (Lipinski definition) is 4. The summed E-state index contributed by atoms with van der Waals surface area (Å²) in [6, 6.07) is 1.69. The van der Waals surface area contributed by atoms with Gasteiger partial charge in [0.2, 0.25) is 0 Å². The fraction of sp³-hybridized carbons (Fsp3) is 0.800. The first-order valence-electron chi connectivity index (χ1n) is 4.97. The predicted octanol–water partition coefficient (Wildman–Crippen LogP) is 2.63. The Morgan fingerprint density at radius 1 is 1.21 bits per heavy atom. The molecule has 4 nitrogen and oxygen atoms in total. The van der Waals surface area contributed by atoms with Crippen LogP contribution in [0.1, 0.15) is 39.0 Å². The van der Waals surface area contributed by atoms with Crippen LogP contribution in [0.4, 0.5) is 4.79 Å². The average molecular weight is 199 g/mol. The third kappa shape index (κ3) is 8.85. The molecule has 0 rings (SSSR count). The number of carbonyl (C=O) groups is 1. The SMILES string of the molecule is CCCCCCCOC(=O)OCC#N. The highest BCUT2D eigenvalue weighted by Gasteiger charge is 2.01. The number of nitrogens with zero attached hydrogens (tertiary/aromatic N) is 1. The lowest BCUT2D eigenvalue weighted by Gasteiger charge is -2.03. The fourth-order valence-corrected chi connectivity index (χ4v) is 0.994. The van der Waals surface area contributed by atoms with E-state index in [0.29, 0.717) is 6.61 Å². The molecule has 0 aliphatic heterocycles. The maximum atomic E-state index is 10.7. The van der Waals surface area contributed by atoms with E-state index in [-0.39, 0.29) is 6.61 Å². The van der Waals surface area contributed by atoms with Crippen molar-refractivity contribution in [1.82, 2.24) is 0 Å². The minimum Gasteiger partial charge on any atom is -0.434 e. The minimum atomic E-state index is -0.748. The molecule has 4 heteroatoms. The van der Waals surface area contributed by atoms with E-state index in [1.54, 1.807) is 6.07 Å². The Morgan fingerprint density at radius 3 is 2.57 bits per heavy atom. The summed E-state index contributed by atoms with van der Waals surface area (Å²) in [7, 11) is 0. The summed E-state index contributed by atoms with van der Waals surface area (Å²) < 4.78 is 9.11. The van der Waals surface area contributed by atoms with Crippen LogP contribution in [0.25, 0.3) is 0 Å². The van der Waals surface area contributed by atoms with E-state index in [4.69, 9.17) is 10.00 Å². The van der Waals surface area contributed by atoms with Gasteiger partial charge in [-0.15, -0.1) is 0 Å². The zero-order chi connectivity index (χ0) is 10.6. The molecule has 0 saturated carbocycles. The number of hydrogen-bond donors (Lipinski definition) is 0. The van der Waals surface area contributed by atoms with E-state index in [1.165, 1.54) is 19.3 Å². The van der Waals surface area contributed by atoms with Gasteiger partial charge in [-0.1, -0.05) is 32.6 Å². The lowest BCUT2D eigenvalue weighted by Crippen LogP contribution is -2.08. The summed E-state index contributed by atoms with van der Waals surface area (Å²) in [6.07, 6.45) is 4.78. The number of unbranched alkanes of at least 4 members (excludes halogenated alkanes) is 4. The van der Waals surface area contributed by atoms with E-state index >= 15 is 0 Å². The van der Waals surface area contributed by atoms with Crippen LogP contribution >= 0.6 is 0 Å². The van der Waals surface area contributed by atoms with E-state index in [2.05, 4.69) is 11.7 Å². The number of ether oxygens (including phenoxy) is 2. The molecule has 0 aliphatic rings. The highest BCUT2D eigenvalue weighted by atomic mass is 16.7. The monoisotopic (exact) mass is 199 g/mol. The van der Waals surface area contributed by atoms with Crippen molar-refractivity contribution in [2.45, 2.75) is 39.0 Å². The molecule has 0 aliphatic carbocycles. The Labute approximate surface area is 84.8 Å². The molecule has 14 heavy (non-hydrogen) atoms. The molecule has 0 saturated heterocycles. The minimum absolute atomic E-state index is 0.241. The average Bonchev–Trinajstić information content (AvgIpc) is 2.20. The Kier molecular flexibility index (Phi) is 8.97. The maximum Gasteiger partial charge on any atom is 0.509 e. The summed E-state index contributed by atoms with van der Waals surface area (Å²) in [5.41, 5.74) is 0. The van der Waals surface area contributed by atoms with Gasteiger partial charge in [-0.2, -0.15) is 5.26 Å². The van der Waals surface area contributed by atoms with Gasteiger partial charge in [0.1, 0.15) is 6.07 Å². The largest absolute Gasteiger partial charge is 0.509 e. The molecule has 0 N–H and O–H groups in total. The van der Waals surface area contributed by atoms with Crippen LogP contribution in [0, 0.1) is 11.3 Å². The number of carbonyl (C=O) groups excluding carboxylic acids is 1. The third-order valence-corrected chi connectivity index (χ3v) is 1.72. The molecule has 80 valence electrons. The lowest BCUT2D eigenvalue weighted by molar-refractivity contribution is 0.0629. The molecular weight excluding hydrogens is 182 g/mol. The highest BCUT2D eigenvalue weighted by molar-refractivity contribution is 5.59. The van der Waals surface area contributed by atoms with Crippen molar-refractivity contribution < 1.29 is 14.3 Å². The van der Waals surface area contributed by atoms with E-state index in [0.717, 1.165) is 12.8 Å². The molecule has 0 unspecified atom stereocenters. The molecule has 0 bridgehead atoms. The molecule has 0 heterocycles. The van der Waals surface area contributed by atoms with Gasteiger partial charge in [0.25, 0.3) is 0 Å². The van der Waals surface area contributed by atoms with E-state index in [1.807, 2.05) is 0 Å². The molecule has 0 radical (unpaired) electrons. The second kappa shape index (κ2) is 9.85. The van der Waals surface area contributed by atoms with Crippen LogP contribution in [-0.4, -0.2) is 19.4 Å². The molecule has 0 atom stereocenters. The second-order valence-corrected chi connectivity index (χ2v) is 2.96. The molecule has 0 aromatic heterocycles. The standard InChI is InChI=1S/C10H17NO3/c1-2-3-4-5-6-8-13-10(12)14-9-7-11/h2-6,8-9H2,1H3. The Balaban J connectivity index is 3.11. The van der Waals surface area contributed by atoms with Crippen molar-refractivity contribution in [2.75, 3.05) is 13.2 Å². The number of nitriles is 1.